The Balaban J connectivity index is 0.000000115. The van der Waals surface area contributed by atoms with E-state index in [0.717, 1.165) is 35.5 Å². The number of hydrogen-bond acceptors (Lipinski definition) is 0. The molecule has 3 heterocycles. The van der Waals surface area contributed by atoms with Crippen molar-refractivity contribution in [3.05, 3.63) is 234 Å². The van der Waals surface area contributed by atoms with Crippen LogP contribution in [0.25, 0.3) is 67.2 Å². The zero-order chi connectivity index (χ0) is 56.1. The molecule has 6 unspecified atom stereocenters. The number of hydrogen-bond donors (Lipinski definition) is 0. The van der Waals surface area contributed by atoms with Crippen molar-refractivity contribution in [3.8, 4) is 67.2 Å². The van der Waals surface area contributed by atoms with Crippen LogP contribution in [0.4, 0.5) is 0 Å². The average Bonchev–Trinajstić information content (AvgIpc) is 3.56. The van der Waals surface area contributed by atoms with E-state index in [0.29, 0.717) is 11.8 Å². The Morgan fingerprint density at radius 3 is 1.05 bits per heavy atom. The van der Waals surface area contributed by atoms with Crippen molar-refractivity contribution in [1.82, 2.24) is 0 Å². The largest absolute Gasteiger partial charge is 0.212 e. The van der Waals surface area contributed by atoms with Gasteiger partial charge in [-0.1, -0.05) is 147 Å². The van der Waals surface area contributed by atoms with Crippen LogP contribution >= 0.6 is 0 Å². The Morgan fingerprint density at radius 2 is 0.667 bits per heavy atom. The zero-order valence-corrected chi connectivity index (χ0v) is 49.0. The minimum Gasteiger partial charge on any atom is -0.200 e. The molecule has 6 bridgehead atoms. The maximum absolute atomic E-state index is 9.07. The number of rotatable bonds is 9. The molecule has 3 nitrogen and oxygen atoms in total. The van der Waals surface area contributed by atoms with Crippen molar-refractivity contribution < 1.29 is 15.1 Å². The van der Waals surface area contributed by atoms with E-state index in [1.54, 1.807) is 11.1 Å². The van der Waals surface area contributed by atoms with Crippen LogP contribution in [0.3, 0.4) is 0 Å². The summed E-state index contributed by atoms with van der Waals surface area (Å²) in [5.41, 5.74) is 23.6. The number of pyridine rings is 3. The van der Waals surface area contributed by atoms with E-state index in [2.05, 4.69) is 256 Å². The number of aryl methyl sites for hydroxylation is 6. The molecule has 6 aliphatic carbocycles. The summed E-state index contributed by atoms with van der Waals surface area (Å²) in [6, 6.07) is 66.8. The van der Waals surface area contributed by atoms with Gasteiger partial charge in [-0.3, -0.25) is 0 Å². The molecule has 0 amide bonds. The van der Waals surface area contributed by atoms with Gasteiger partial charge in [0.15, 0.2) is 18.6 Å². The quantitative estimate of drug-likeness (QED) is 0.128. The van der Waals surface area contributed by atoms with Gasteiger partial charge in [0.1, 0.15) is 21.1 Å². The lowest BCUT2D eigenvalue weighted by Gasteiger charge is -2.50. The summed E-state index contributed by atoms with van der Waals surface area (Å²) < 4.78 is 15.8. The fourth-order valence-corrected chi connectivity index (χ4v) is 16.1. The van der Waals surface area contributed by atoms with E-state index in [-0.39, 0.29) is 5.89 Å². The average molecular weight is 1060 g/mol. The Hall–Kier alpha value is -7.23. The molecule has 6 aliphatic rings. The van der Waals surface area contributed by atoms with Gasteiger partial charge in [0.05, 0.1) is 0 Å². The van der Waals surface area contributed by atoms with E-state index in [4.69, 9.17) is 1.37 Å². The van der Waals surface area contributed by atoms with Crippen LogP contribution in [-0.4, -0.2) is 0 Å². The van der Waals surface area contributed by atoms with Gasteiger partial charge in [0.25, 0.3) is 0 Å². The molecule has 6 saturated carbocycles. The smallest absolute Gasteiger partial charge is 0.200 e. The fourth-order valence-electron chi connectivity index (χ4n) is 16.1. The third-order valence-electron chi connectivity index (χ3n) is 20.5. The molecule has 3 heteroatoms. The van der Waals surface area contributed by atoms with Gasteiger partial charge >= 0.3 is 0 Å². The first-order valence-corrected chi connectivity index (χ1v) is 31.0. The van der Waals surface area contributed by atoms with Crippen LogP contribution in [0.2, 0.25) is 0 Å². The number of benzene rings is 6. The second kappa shape index (κ2) is 23.0. The second-order valence-corrected chi connectivity index (χ2v) is 25.5. The van der Waals surface area contributed by atoms with Gasteiger partial charge in [0.2, 0.25) is 17.1 Å². The van der Waals surface area contributed by atoms with Crippen LogP contribution in [0.1, 0.15) is 130 Å². The van der Waals surface area contributed by atoms with Crippen molar-refractivity contribution >= 4 is 0 Å². The number of nitrogens with zero attached hydrogens (tertiary/aromatic N) is 3. The molecule has 6 atom stereocenters. The first kappa shape index (κ1) is 51.9. The van der Waals surface area contributed by atoms with Crippen LogP contribution in [0, 0.1) is 56.3 Å². The summed E-state index contributed by atoms with van der Waals surface area (Å²) in [5.74, 6) is 6.28. The second-order valence-electron chi connectivity index (χ2n) is 25.5. The highest BCUT2D eigenvalue weighted by molar-refractivity contribution is 5.69. The zero-order valence-electron chi connectivity index (χ0n) is 50.0. The summed E-state index contributed by atoms with van der Waals surface area (Å²) in [5, 5.41) is 0. The first-order chi connectivity index (χ1) is 40.0. The van der Waals surface area contributed by atoms with Crippen molar-refractivity contribution in [2.24, 2.45) is 56.7 Å². The molecule has 0 saturated heterocycles. The van der Waals surface area contributed by atoms with Crippen molar-refractivity contribution in [1.29, 1.82) is 0 Å². The minimum absolute atomic E-state index is 0.323. The van der Waals surface area contributed by atoms with Crippen LogP contribution in [0.15, 0.2) is 201 Å². The SMILES string of the molecule is Cc1ccccc1-c1ccc(-c2ccc(C3C4CCCC3C4)cc2)c[n+]1C.Cc1ccccc1-c1ccc(-c2cccc(C3C4CCCC3C4)c2)c[n+]1C.[2H]C1(c2ccc(-c3ccc(-c4ccccc4C)[n+](C)c3)cc2)C2CCCC1C2. The summed E-state index contributed by atoms with van der Waals surface area (Å²) >= 11 is 0. The van der Waals surface area contributed by atoms with Crippen LogP contribution in [-0.2, 0) is 21.1 Å². The maximum Gasteiger partial charge on any atom is 0.212 e. The highest BCUT2D eigenvalue weighted by Crippen LogP contribution is 2.58. The van der Waals surface area contributed by atoms with E-state index < -0.39 is 0 Å². The molecule has 9 aromatic rings. The monoisotopic (exact) mass is 1060 g/mol. The standard InChI is InChI=1S/3C26H28N/c1-18-7-3-4-12-24(18)25-14-13-23(17-27(25)2)19-8-5-9-20(15-19)26-21-10-6-11-22(26)16-21;2*1-18-6-3-4-9-24(18)25-15-14-23(17-27(25)2)19-10-12-20(13-11-19)26-21-7-5-8-22(26)16-21/h3-5,7-9,12-15,17,21-22,26H,6,10-11,16H2,1-2H3;2*3-4,6,9-15,17,21-22,26H,5,7-8,16H2,1-2H3/q3*+1/i;26D;. The highest BCUT2D eigenvalue weighted by atomic mass is 14.9. The van der Waals surface area contributed by atoms with E-state index >= 15 is 0 Å². The van der Waals surface area contributed by atoms with Crippen LogP contribution < -0.4 is 13.7 Å². The number of fused-ring (bicyclic) bond motifs is 6. The maximum atomic E-state index is 9.07. The summed E-state index contributed by atoms with van der Waals surface area (Å²) in [7, 11) is 6.43. The lowest BCUT2D eigenvalue weighted by molar-refractivity contribution is -0.660. The number of aromatic nitrogens is 3. The van der Waals surface area contributed by atoms with Crippen molar-refractivity contribution in [3.63, 3.8) is 0 Å². The highest BCUT2D eigenvalue weighted by Gasteiger charge is 2.46. The van der Waals surface area contributed by atoms with E-state index in [1.165, 1.54) is 166 Å². The van der Waals surface area contributed by atoms with Gasteiger partial charge in [-0.05, 0) is 218 Å². The molecule has 81 heavy (non-hydrogen) atoms. The molecule has 0 aliphatic heterocycles. The molecule has 0 N–H and O–H groups in total. The van der Waals surface area contributed by atoms with Crippen molar-refractivity contribution in [2.45, 2.75) is 116 Å². The molecule has 0 spiro atoms. The Bertz CT molecular complexity index is 3720. The van der Waals surface area contributed by atoms with Crippen LogP contribution in [0.5, 0.6) is 0 Å². The molecule has 6 fully saturated rings. The molecular formula is C78H84N3+3. The Morgan fingerprint density at radius 1 is 0.321 bits per heavy atom. The third kappa shape index (κ3) is 10.7. The van der Waals surface area contributed by atoms with Gasteiger partial charge < -0.3 is 0 Å². The lowest BCUT2D eigenvalue weighted by Crippen LogP contribution is -2.38. The molecule has 408 valence electrons. The Kier molecular flexibility index (Phi) is 14.7. The molecule has 0 radical (unpaired) electrons. The lowest BCUT2D eigenvalue weighted by atomic mass is 9.55. The summed E-state index contributed by atoms with van der Waals surface area (Å²) in [6.45, 7) is 6.52. The Labute approximate surface area is 485 Å². The molecule has 15 rings (SSSR count). The normalized spacial score (nSPS) is 24.8. The predicted octanol–water partition coefficient (Wildman–Crippen LogP) is 18.2. The molecule has 6 aromatic carbocycles. The van der Waals surface area contributed by atoms with Gasteiger partial charge in [-0.2, -0.15) is 0 Å². The van der Waals surface area contributed by atoms with Crippen molar-refractivity contribution in [2.75, 3.05) is 0 Å². The summed E-state index contributed by atoms with van der Waals surface area (Å²) in [4.78, 5) is 0. The predicted molar refractivity (Wildman–Crippen MR) is 334 cm³/mol. The topological polar surface area (TPSA) is 11.6 Å². The third-order valence-corrected chi connectivity index (χ3v) is 20.5. The van der Waals surface area contributed by atoms with E-state index in [1.807, 2.05) is 0 Å². The first-order valence-electron chi connectivity index (χ1n) is 31.5. The minimum atomic E-state index is -0.323. The van der Waals surface area contributed by atoms with Gasteiger partial charge in [0, 0.05) is 53.0 Å². The van der Waals surface area contributed by atoms with Gasteiger partial charge in [-0.15, -0.1) is 0 Å². The van der Waals surface area contributed by atoms with Gasteiger partial charge in [-0.25, -0.2) is 13.7 Å². The summed E-state index contributed by atoms with van der Waals surface area (Å²) in [6.07, 6.45) is 23.4. The molecule has 3 aromatic heterocycles. The molecular weight excluding hydrogens is 979 g/mol. The fraction of sp³-hybridized carbons (Fsp3) is 0.346. The van der Waals surface area contributed by atoms with E-state index in [9.17, 15) is 0 Å².